The van der Waals surface area contributed by atoms with Crippen LogP contribution in [0.4, 0.5) is 23.7 Å². The van der Waals surface area contributed by atoms with Gasteiger partial charge in [0.15, 0.2) is 0 Å². The normalized spacial score (nSPS) is 18.1. The van der Waals surface area contributed by atoms with Crippen molar-refractivity contribution in [2.75, 3.05) is 31.6 Å². The molecule has 3 amide bonds. The van der Waals surface area contributed by atoms with Crippen LogP contribution in [-0.2, 0) is 20.5 Å². The van der Waals surface area contributed by atoms with Crippen molar-refractivity contribution in [1.82, 2.24) is 9.80 Å². The minimum absolute atomic E-state index is 0.0509. The maximum absolute atomic E-state index is 13.9. The van der Waals surface area contributed by atoms with Gasteiger partial charge in [0.1, 0.15) is 6.54 Å². The summed E-state index contributed by atoms with van der Waals surface area (Å²) in [7, 11) is 1.59. The summed E-state index contributed by atoms with van der Waals surface area (Å²) in [6, 6.07) is 10.7. The number of anilines is 1. The quantitative estimate of drug-likeness (QED) is 0.559. The smallest absolute Gasteiger partial charge is 0.416 e. The predicted molar refractivity (Wildman–Crippen MR) is 126 cm³/mol. The Morgan fingerprint density at radius 2 is 1.86 bits per heavy atom. The molecule has 192 valence electrons. The van der Waals surface area contributed by atoms with Crippen molar-refractivity contribution in [3.8, 4) is 6.07 Å². The van der Waals surface area contributed by atoms with E-state index in [1.165, 1.54) is 29.2 Å². The number of alkyl halides is 3. The Bertz CT molecular complexity index is 1310. The zero-order valence-electron chi connectivity index (χ0n) is 20.1. The molecule has 1 unspecified atom stereocenters. The van der Waals surface area contributed by atoms with Crippen molar-refractivity contribution in [2.24, 2.45) is 0 Å². The molecule has 11 heteroatoms. The molecule has 4 rings (SSSR count). The Balaban J connectivity index is 1.95. The zero-order chi connectivity index (χ0) is 26.9. The molecular formula is C26H23F3N4O4. The van der Waals surface area contributed by atoms with Gasteiger partial charge in [0, 0.05) is 25.7 Å². The lowest BCUT2D eigenvalue weighted by atomic mass is 9.88. The van der Waals surface area contributed by atoms with Gasteiger partial charge in [-0.15, -0.1) is 0 Å². The number of amides is 3. The van der Waals surface area contributed by atoms with E-state index >= 15 is 0 Å². The fourth-order valence-electron chi connectivity index (χ4n) is 4.53. The van der Waals surface area contributed by atoms with Crippen molar-refractivity contribution in [2.45, 2.75) is 25.6 Å². The highest BCUT2D eigenvalue weighted by Crippen LogP contribution is 2.43. The molecule has 0 aliphatic carbocycles. The number of esters is 1. The summed E-state index contributed by atoms with van der Waals surface area (Å²) >= 11 is 0. The van der Waals surface area contributed by atoms with Gasteiger partial charge in [0.2, 0.25) is 0 Å². The number of hydrogen-bond donors (Lipinski definition) is 0. The van der Waals surface area contributed by atoms with Crippen molar-refractivity contribution >= 4 is 23.6 Å². The van der Waals surface area contributed by atoms with Crippen LogP contribution in [0.25, 0.3) is 0 Å². The number of hydrogen-bond acceptors (Lipinski definition) is 5. The van der Waals surface area contributed by atoms with E-state index in [2.05, 4.69) is 0 Å². The molecule has 2 aromatic rings. The molecule has 37 heavy (non-hydrogen) atoms. The molecule has 0 saturated carbocycles. The number of nitrogens with zero attached hydrogens (tertiary/aromatic N) is 4. The first kappa shape index (κ1) is 25.8. The lowest BCUT2D eigenvalue weighted by Gasteiger charge is -2.46. The third-order valence-corrected chi connectivity index (χ3v) is 6.26. The standard InChI is InChI=1S/C26H23F3N4O4/c1-3-37-21(34)15-32-23(17-9-7-16(14-30)8-10-17)22-20(11-12-31(2)24(22)35)33(25(32)36)19-6-4-5-18(13-19)26(27,28)29/h4-10,13,23H,3,11-12,15H2,1-2H3. The van der Waals surface area contributed by atoms with Gasteiger partial charge in [-0.05, 0) is 42.8 Å². The summed E-state index contributed by atoms with van der Waals surface area (Å²) < 4.78 is 45.5. The molecule has 2 aromatic carbocycles. The van der Waals surface area contributed by atoms with Crippen molar-refractivity contribution in [3.05, 3.63) is 76.5 Å². The highest BCUT2D eigenvalue weighted by Gasteiger charge is 2.47. The first-order valence-corrected chi connectivity index (χ1v) is 11.5. The topological polar surface area (TPSA) is 93.9 Å². The van der Waals surface area contributed by atoms with Gasteiger partial charge in [0.25, 0.3) is 5.91 Å². The summed E-state index contributed by atoms with van der Waals surface area (Å²) in [5, 5.41) is 9.18. The van der Waals surface area contributed by atoms with E-state index in [1.54, 1.807) is 26.1 Å². The predicted octanol–water partition coefficient (Wildman–Crippen LogP) is 4.24. The molecule has 1 atom stereocenters. The molecule has 2 heterocycles. The molecular weight excluding hydrogens is 489 g/mol. The Hall–Kier alpha value is -4.33. The molecule has 0 radical (unpaired) electrons. The number of halogens is 3. The largest absolute Gasteiger partial charge is 0.465 e. The molecule has 0 spiro atoms. The summed E-state index contributed by atoms with van der Waals surface area (Å²) in [5.41, 5.74) is 0.232. The van der Waals surface area contributed by atoms with E-state index in [-0.39, 0.29) is 36.5 Å². The maximum atomic E-state index is 13.9. The molecule has 0 bridgehead atoms. The highest BCUT2D eigenvalue weighted by molar-refractivity contribution is 6.06. The van der Waals surface area contributed by atoms with Gasteiger partial charge >= 0.3 is 18.2 Å². The van der Waals surface area contributed by atoms with Crippen LogP contribution in [0.5, 0.6) is 0 Å². The summed E-state index contributed by atoms with van der Waals surface area (Å²) in [4.78, 5) is 43.6. The highest BCUT2D eigenvalue weighted by atomic mass is 19.4. The average Bonchev–Trinajstić information content (AvgIpc) is 2.87. The van der Waals surface area contributed by atoms with Crippen LogP contribution in [0.1, 0.15) is 36.1 Å². The lowest BCUT2D eigenvalue weighted by molar-refractivity contribution is -0.144. The van der Waals surface area contributed by atoms with E-state index in [1.807, 2.05) is 6.07 Å². The van der Waals surface area contributed by atoms with Gasteiger partial charge in [-0.1, -0.05) is 18.2 Å². The second-order valence-corrected chi connectivity index (χ2v) is 8.57. The Labute approximate surface area is 211 Å². The van der Waals surface area contributed by atoms with E-state index in [4.69, 9.17) is 4.74 Å². The minimum Gasteiger partial charge on any atom is -0.465 e. The van der Waals surface area contributed by atoms with Gasteiger partial charge in [0.05, 0.1) is 41.1 Å². The molecule has 0 aromatic heterocycles. The van der Waals surface area contributed by atoms with Crippen molar-refractivity contribution < 1.29 is 32.3 Å². The van der Waals surface area contributed by atoms with Crippen molar-refractivity contribution in [1.29, 1.82) is 5.26 Å². The number of urea groups is 1. The number of ether oxygens (including phenoxy) is 1. The van der Waals surface area contributed by atoms with E-state index in [0.29, 0.717) is 11.1 Å². The number of benzene rings is 2. The fourth-order valence-corrected chi connectivity index (χ4v) is 4.53. The van der Waals surface area contributed by atoms with E-state index in [9.17, 15) is 32.8 Å². The Kier molecular flexibility index (Phi) is 6.94. The lowest BCUT2D eigenvalue weighted by Crippen LogP contribution is -2.56. The van der Waals surface area contributed by atoms with Crippen LogP contribution in [0.15, 0.2) is 59.8 Å². The summed E-state index contributed by atoms with van der Waals surface area (Å²) in [6.45, 7) is 1.36. The number of nitriles is 1. The molecule has 0 fully saturated rings. The monoisotopic (exact) mass is 512 g/mol. The van der Waals surface area contributed by atoms with Crippen LogP contribution >= 0.6 is 0 Å². The van der Waals surface area contributed by atoms with Gasteiger partial charge < -0.3 is 14.5 Å². The number of likely N-dealkylation sites (N-methyl/N-ethyl adjacent to an activating group) is 1. The fraction of sp³-hybridized carbons (Fsp3) is 0.308. The van der Waals surface area contributed by atoms with Crippen LogP contribution in [-0.4, -0.2) is 54.5 Å². The van der Waals surface area contributed by atoms with Gasteiger partial charge in [-0.25, -0.2) is 4.79 Å². The number of carbonyl (C=O) groups is 3. The SMILES string of the molecule is CCOC(=O)CN1C(=O)N(c2cccc(C(F)(F)F)c2)C2=C(C(=O)N(C)CC2)C1c1ccc(C#N)cc1. The third kappa shape index (κ3) is 4.87. The first-order chi connectivity index (χ1) is 17.6. The van der Waals surface area contributed by atoms with Crippen LogP contribution in [0.3, 0.4) is 0 Å². The van der Waals surface area contributed by atoms with Gasteiger partial charge in [-0.3, -0.25) is 14.5 Å². The van der Waals surface area contributed by atoms with Crippen LogP contribution < -0.4 is 4.90 Å². The molecule has 0 saturated heterocycles. The maximum Gasteiger partial charge on any atom is 0.416 e. The molecule has 2 aliphatic rings. The summed E-state index contributed by atoms with van der Waals surface area (Å²) in [5.74, 6) is -1.16. The minimum atomic E-state index is -4.65. The Morgan fingerprint density at radius 3 is 2.49 bits per heavy atom. The van der Waals surface area contributed by atoms with Gasteiger partial charge in [-0.2, -0.15) is 18.4 Å². The van der Waals surface area contributed by atoms with E-state index < -0.39 is 42.2 Å². The molecule has 8 nitrogen and oxygen atoms in total. The zero-order valence-corrected chi connectivity index (χ0v) is 20.1. The second-order valence-electron chi connectivity index (χ2n) is 8.57. The Morgan fingerprint density at radius 1 is 1.16 bits per heavy atom. The third-order valence-electron chi connectivity index (χ3n) is 6.26. The number of rotatable bonds is 5. The number of carbonyl (C=O) groups excluding carboxylic acids is 3. The van der Waals surface area contributed by atoms with Crippen LogP contribution in [0, 0.1) is 11.3 Å². The van der Waals surface area contributed by atoms with E-state index in [0.717, 1.165) is 21.9 Å². The molecule has 2 aliphatic heterocycles. The first-order valence-electron chi connectivity index (χ1n) is 11.5. The van der Waals surface area contributed by atoms with Crippen LogP contribution in [0.2, 0.25) is 0 Å². The second kappa shape index (κ2) is 9.97. The average molecular weight is 512 g/mol. The molecule has 0 N–H and O–H groups in total. The van der Waals surface area contributed by atoms with Crippen molar-refractivity contribution in [3.63, 3.8) is 0 Å². The summed E-state index contributed by atoms with van der Waals surface area (Å²) in [6.07, 6.45) is -4.44.